The molecule has 1 heterocycles. The summed E-state index contributed by atoms with van der Waals surface area (Å²) < 4.78 is 9.87. The van der Waals surface area contributed by atoms with E-state index in [1.54, 1.807) is 0 Å². The van der Waals surface area contributed by atoms with Gasteiger partial charge in [-0.15, -0.1) is 0 Å². The molecule has 6 rings (SSSR count). The van der Waals surface area contributed by atoms with Crippen molar-refractivity contribution >= 4 is 23.9 Å². The van der Waals surface area contributed by atoms with Crippen molar-refractivity contribution in [2.45, 2.75) is 83.2 Å². The third-order valence-electron chi connectivity index (χ3n) is 8.19. The molecule has 3 fully saturated rings. The van der Waals surface area contributed by atoms with Crippen LogP contribution in [0.15, 0.2) is 36.5 Å². The molecule has 0 aromatic carbocycles. The van der Waals surface area contributed by atoms with Crippen molar-refractivity contribution in [3.05, 3.63) is 36.5 Å². The molecule has 3 saturated carbocycles. The zero-order chi connectivity index (χ0) is 24.4. The van der Waals surface area contributed by atoms with Gasteiger partial charge in [0.25, 0.3) is 0 Å². The van der Waals surface area contributed by atoms with Crippen LogP contribution in [0.1, 0.15) is 77.6 Å². The fraction of sp³-hybridized carbons (Fsp3) is 0.630. The molecule has 34 heavy (non-hydrogen) atoms. The van der Waals surface area contributed by atoms with Gasteiger partial charge in [0.1, 0.15) is 5.60 Å². The Morgan fingerprint density at radius 3 is 1.74 bits per heavy atom. The number of carbonyl (C=O) groups excluding carboxylic acids is 3. The van der Waals surface area contributed by atoms with Gasteiger partial charge in [-0.05, 0) is 83.0 Å². The number of cyclic esters (lactones) is 2. The minimum Gasteiger partial charge on any atom is -0.481 e. The van der Waals surface area contributed by atoms with E-state index in [0.29, 0.717) is 11.8 Å². The summed E-state index contributed by atoms with van der Waals surface area (Å²) in [5.41, 5.74) is -0.881. The Morgan fingerprint density at radius 1 is 0.882 bits per heavy atom. The fourth-order valence-corrected chi connectivity index (χ4v) is 6.05. The highest BCUT2D eigenvalue weighted by Gasteiger charge is 2.49. The molecule has 7 nitrogen and oxygen atoms in total. The topological polar surface area (TPSA) is 107 Å². The number of esters is 3. The van der Waals surface area contributed by atoms with Crippen LogP contribution < -0.4 is 0 Å². The van der Waals surface area contributed by atoms with E-state index >= 15 is 0 Å². The molecule has 0 aromatic rings. The first-order valence-corrected chi connectivity index (χ1v) is 12.4. The Balaban J connectivity index is 0.000000136. The largest absolute Gasteiger partial charge is 0.481 e. The second-order valence-electron chi connectivity index (χ2n) is 10.8. The van der Waals surface area contributed by atoms with E-state index in [0.717, 1.165) is 57.1 Å². The molecule has 4 bridgehead atoms. The van der Waals surface area contributed by atoms with Crippen LogP contribution in [0.3, 0.4) is 0 Å². The lowest BCUT2D eigenvalue weighted by molar-refractivity contribution is -0.170. The van der Waals surface area contributed by atoms with Crippen molar-refractivity contribution in [1.29, 1.82) is 0 Å². The molecule has 1 N–H and O–H groups in total. The maximum atomic E-state index is 12.4. The highest BCUT2D eigenvalue weighted by Crippen LogP contribution is 2.51. The SMILES string of the molecule is CC1(OC(=O)C23C=CC(CC2)C3)CCCCC1.O=C(O)C12C=CC(CC1)C2.O=C1C=CC(=O)O1. The molecule has 0 saturated heterocycles. The highest BCUT2D eigenvalue weighted by atomic mass is 16.6. The number of rotatable bonds is 3. The number of ether oxygens (including phenoxy) is 2. The van der Waals surface area contributed by atoms with Crippen LogP contribution in [0.2, 0.25) is 0 Å². The normalized spacial score (nSPS) is 35.3. The first-order valence-electron chi connectivity index (χ1n) is 12.4. The van der Waals surface area contributed by atoms with Gasteiger partial charge in [0.2, 0.25) is 0 Å². The van der Waals surface area contributed by atoms with Gasteiger partial charge in [0.05, 0.1) is 10.8 Å². The van der Waals surface area contributed by atoms with Crippen molar-refractivity contribution in [2.24, 2.45) is 22.7 Å². The minimum atomic E-state index is -0.635. The van der Waals surface area contributed by atoms with Crippen LogP contribution in [0.4, 0.5) is 0 Å². The molecule has 0 aromatic heterocycles. The van der Waals surface area contributed by atoms with Gasteiger partial charge in [0, 0.05) is 12.2 Å². The maximum absolute atomic E-state index is 12.4. The summed E-state index contributed by atoms with van der Waals surface area (Å²) >= 11 is 0. The molecular formula is C27H34O7. The average molecular weight is 471 g/mol. The Hall–Kier alpha value is -2.70. The van der Waals surface area contributed by atoms with Crippen LogP contribution in [0.25, 0.3) is 0 Å². The molecule has 0 spiro atoms. The summed E-state index contributed by atoms with van der Waals surface area (Å²) in [6.45, 7) is 2.12. The summed E-state index contributed by atoms with van der Waals surface area (Å²) in [4.78, 5) is 43.0. The molecule has 0 amide bonds. The third kappa shape index (κ3) is 5.18. The monoisotopic (exact) mass is 470 g/mol. The summed E-state index contributed by atoms with van der Waals surface area (Å²) in [6.07, 6.45) is 22.2. The van der Waals surface area contributed by atoms with E-state index in [-0.39, 0.29) is 17.0 Å². The molecule has 184 valence electrons. The number of carbonyl (C=O) groups is 4. The van der Waals surface area contributed by atoms with Gasteiger partial charge in [-0.2, -0.15) is 0 Å². The second kappa shape index (κ2) is 9.51. The number of carboxylic acid groups (broad SMARTS) is 1. The van der Waals surface area contributed by atoms with Gasteiger partial charge < -0.3 is 14.6 Å². The van der Waals surface area contributed by atoms with Crippen LogP contribution in [-0.2, 0) is 28.7 Å². The minimum absolute atomic E-state index is 0.0538. The molecule has 1 aliphatic heterocycles. The zero-order valence-electron chi connectivity index (χ0n) is 19.8. The van der Waals surface area contributed by atoms with Crippen molar-refractivity contribution < 1.29 is 33.8 Å². The quantitative estimate of drug-likeness (QED) is 0.363. The van der Waals surface area contributed by atoms with E-state index in [4.69, 9.17) is 9.84 Å². The third-order valence-corrected chi connectivity index (χ3v) is 8.19. The summed E-state index contributed by atoms with van der Waals surface area (Å²) in [5.74, 6) is -0.533. The van der Waals surface area contributed by atoms with Crippen molar-refractivity contribution in [2.75, 3.05) is 0 Å². The van der Waals surface area contributed by atoms with Crippen LogP contribution in [-0.4, -0.2) is 34.6 Å². The van der Waals surface area contributed by atoms with Crippen LogP contribution in [0, 0.1) is 22.7 Å². The Kier molecular flexibility index (Phi) is 6.83. The van der Waals surface area contributed by atoms with Crippen molar-refractivity contribution in [1.82, 2.24) is 0 Å². The number of aliphatic carboxylic acids is 1. The van der Waals surface area contributed by atoms with Gasteiger partial charge in [-0.1, -0.05) is 30.7 Å². The number of hydrogen-bond acceptors (Lipinski definition) is 6. The molecule has 7 heteroatoms. The number of hydrogen-bond donors (Lipinski definition) is 1. The number of fused-ring (bicyclic) bond motifs is 4. The zero-order valence-corrected chi connectivity index (χ0v) is 19.8. The van der Waals surface area contributed by atoms with Crippen LogP contribution >= 0.6 is 0 Å². The molecule has 4 unspecified atom stereocenters. The van der Waals surface area contributed by atoms with Gasteiger partial charge in [0.15, 0.2) is 0 Å². The summed E-state index contributed by atoms with van der Waals surface area (Å²) in [7, 11) is 0. The van der Waals surface area contributed by atoms with E-state index in [9.17, 15) is 19.2 Å². The van der Waals surface area contributed by atoms with E-state index in [2.05, 4.69) is 29.9 Å². The first kappa shape index (κ1) is 24.4. The van der Waals surface area contributed by atoms with Gasteiger partial charge in [-0.25, -0.2) is 9.59 Å². The number of carboxylic acids is 1. The summed E-state index contributed by atoms with van der Waals surface area (Å²) in [6, 6.07) is 0. The second-order valence-corrected chi connectivity index (χ2v) is 10.8. The van der Waals surface area contributed by atoms with E-state index in [1.165, 1.54) is 25.7 Å². The molecule has 5 aliphatic carbocycles. The van der Waals surface area contributed by atoms with Crippen molar-refractivity contribution in [3.63, 3.8) is 0 Å². The molecule has 0 radical (unpaired) electrons. The summed E-state index contributed by atoms with van der Waals surface area (Å²) in [5, 5.41) is 8.84. The van der Waals surface area contributed by atoms with Gasteiger partial charge in [-0.3, -0.25) is 9.59 Å². The lowest BCUT2D eigenvalue weighted by Crippen LogP contribution is -2.39. The van der Waals surface area contributed by atoms with Crippen LogP contribution in [0.5, 0.6) is 0 Å². The number of allylic oxidation sites excluding steroid dienone is 2. The maximum Gasteiger partial charge on any atom is 0.338 e. The standard InChI is InChI=1S/C15H22O2.C8H10O2.C4H2O3/c1-14(7-3-2-4-8-14)17-13(16)15-9-5-12(11-15)6-10-15;9-7(10)8-3-1-6(5-8)2-4-8;5-3-1-2-4(6)7-3/h5,9,12H,2-4,6-8,10-11H2,1H3;1,3,6H,2,4-5H2,(H,9,10);1-2H. The fourth-order valence-electron chi connectivity index (χ4n) is 6.05. The first-order chi connectivity index (χ1) is 16.1. The smallest absolute Gasteiger partial charge is 0.338 e. The molecule has 6 aliphatic rings. The van der Waals surface area contributed by atoms with Crippen molar-refractivity contribution in [3.8, 4) is 0 Å². The molecular weight excluding hydrogens is 436 g/mol. The van der Waals surface area contributed by atoms with E-state index < -0.39 is 23.3 Å². The predicted molar refractivity (Wildman–Crippen MR) is 123 cm³/mol. The highest BCUT2D eigenvalue weighted by molar-refractivity contribution is 6.04. The lowest BCUT2D eigenvalue weighted by atomic mass is 9.84. The Bertz CT molecular complexity index is 923. The Labute approximate surface area is 200 Å². The predicted octanol–water partition coefficient (Wildman–Crippen LogP) is 4.66. The lowest BCUT2D eigenvalue weighted by Gasteiger charge is -2.36. The Morgan fingerprint density at radius 2 is 1.41 bits per heavy atom. The molecule has 4 atom stereocenters. The average Bonchev–Trinajstić information content (AvgIpc) is 3.63. The van der Waals surface area contributed by atoms with E-state index in [1.807, 2.05) is 6.08 Å². The van der Waals surface area contributed by atoms with Gasteiger partial charge >= 0.3 is 23.9 Å².